The number of Topliss-reactive ketones (excluding diaryl/α,β-unsaturated/α-hetero) is 1. The minimum absolute atomic E-state index is 0.246. The molecule has 0 unspecified atom stereocenters. The molecular formula is C20H24N4O4. The number of aromatic hydroxyl groups is 1. The second-order valence-electron chi connectivity index (χ2n) is 6.24. The van der Waals surface area contributed by atoms with Crippen molar-refractivity contribution in [1.29, 1.82) is 0 Å². The second kappa shape index (κ2) is 9.54. The van der Waals surface area contributed by atoms with Crippen LogP contribution in [0.5, 0.6) is 5.75 Å². The average molecular weight is 384 g/mol. The third kappa shape index (κ3) is 5.32. The minimum atomic E-state index is -1.20. The summed E-state index contributed by atoms with van der Waals surface area (Å²) in [5.41, 5.74) is 19.1. The van der Waals surface area contributed by atoms with Gasteiger partial charge < -0.3 is 32.4 Å². The number of carbonyl (C=O) groups excluding carboxylic acids is 1. The van der Waals surface area contributed by atoms with Gasteiger partial charge in [-0.25, -0.2) is 0 Å². The van der Waals surface area contributed by atoms with Crippen molar-refractivity contribution >= 4 is 28.3 Å². The first-order chi connectivity index (χ1) is 13.3. The highest BCUT2D eigenvalue weighted by Gasteiger charge is 2.18. The first-order valence-corrected chi connectivity index (χ1v) is 8.68. The average Bonchev–Trinajstić information content (AvgIpc) is 3.05. The minimum Gasteiger partial charge on any atom is -0.508 e. The number of fused-ring (bicyclic) bond motifs is 1. The lowest BCUT2D eigenvalue weighted by Gasteiger charge is -2.07. The van der Waals surface area contributed by atoms with Crippen LogP contribution in [-0.2, 0) is 11.2 Å². The van der Waals surface area contributed by atoms with Gasteiger partial charge in [0.1, 0.15) is 11.8 Å². The number of anilines is 1. The molecule has 0 saturated heterocycles. The van der Waals surface area contributed by atoms with Crippen LogP contribution in [0.4, 0.5) is 5.69 Å². The van der Waals surface area contributed by atoms with Gasteiger partial charge in [0.15, 0.2) is 5.78 Å². The van der Waals surface area contributed by atoms with Crippen LogP contribution >= 0.6 is 0 Å². The van der Waals surface area contributed by atoms with Crippen LogP contribution in [0.25, 0.3) is 10.9 Å². The molecule has 0 spiro atoms. The number of rotatable bonds is 6. The fourth-order valence-electron chi connectivity index (χ4n) is 2.68. The summed E-state index contributed by atoms with van der Waals surface area (Å²) in [7, 11) is 0. The number of phenolic OH excluding ortho intramolecular Hbond substituents is 1. The van der Waals surface area contributed by atoms with Crippen LogP contribution in [0, 0.1) is 0 Å². The Kier molecular flexibility index (Phi) is 7.14. The summed E-state index contributed by atoms with van der Waals surface area (Å²) in [5, 5.41) is 18.9. The number of aliphatic carboxylic acids is 1. The fourth-order valence-corrected chi connectivity index (χ4v) is 2.68. The molecule has 0 saturated carbocycles. The topological polar surface area (TPSA) is 168 Å². The van der Waals surface area contributed by atoms with E-state index in [9.17, 15) is 14.7 Å². The Morgan fingerprint density at radius 3 is 2.50 bits per heavy atom. The summed E-state index contributed by atoms with van der Waals surface area (Å²) in [4.78, 5) is 25.1. The normalized spacial score (nSPS) is 11.5. The van der Waals surface area contributed by atoms with Gasteiger partial charge in [0.05, 0.1) is 0 Å². The Labute approximate surface area is 162 Å². The van der Waals surface area contributed by atoms with E-state index in [4.69, 9.17) is 22.3 Å². The fraction of sp³-hybridized carbons (Fsp3) is 0.200. The number of hydrogen-bond acceptors (Lipinski definition) is 6. The van der Waals surface area contributed by atoms with Crippen LogP contribution in [0.2, 0.25) is 0 Å². The zero-order valence-electron chi connectivity index (χ0n) is 15.3. The molecule has 0 aliphatic heterocycles. The molecule has 3 rings (SSSR count). The molecule has 0 aliphatic carbocycles. The Bertz CT molecular complexity index is 968. The second-order valence-corrected chi connectivity index (χ2v) is 6.24. The van der Waals surface area contributed by atoms with Crippen molar-refractivity contribution in [2.75, 3.05) is 12.3 Å². The van der Waals surface area contributed by atoms with E-state index in [-0.39, 0.29) is 12.2 Å². The van der Waals surface area contributed by atoms with Gasteiger partial charge in [-0.2, -0.15) is 0 Å². The highest BCUT2D eigenvalue weighted by molar-refractivity contribution is 6.02. The molecule has 2 aromatic carbocycles. The van der Waals surface area contributed by atoms with Crippen LogP contribution < -0.4 is 17.2 Å². The van der Waals surface area contributed by atoms with Gasteiger partial charge in [-0.15, -0.1) is 0 Å². The number of phenols is 1. The maximum atomic E-state index is 11.6. The van der Waals surface area contributed by atoms with Crippen LogP contribution in [0.1, 0.15) is 22.3 Å². The first-order valence-electron chi connectivity index (χ1n) is 8.68. The lowest BCUT2D eigenvalue weighted by Crippen LogP contribution is -2.32. The molecule has 0 bridgehead atoms. The van der Waals surface area contributed by atoms with Crippen molar-refractivity contribution in [3.8, 4) is 5.75 Å². The molecule has 9 N–H and O–H groups in total. The van der Waals surface area contributed by atoms with Gasteiger partial charge >= 0.3 is 5.97 Å². The summed E-state index contributed by atoms with van der Waals surface area (Å²) in [6.45, 7) is 0.628. The third-order valence-electron chi connectivity index (χ3n) is 4.15. The highest BCUT2D eigenvalue weighted by Crippen LogP contribution is 2.22. The Morgan fingerprint density at radius 1 is 1.14 bits per heavy atom. The zero-order chi connectivity index (χ0) is 20.7. The summed E-state index contributed by atoms with van der Waals surface area (Å²) >= 11 is 0. The Morgan fingerprint density at radius 2 is 1.86 bits per heavy atom. The predicted octanol–water partition coefficient (Wildman–Crippen LogP) is 1.63. The number of carboxylic acids is 1. The number of nitrogen functional groups attached to an aromatic ring is 1. The number of aromatic nitrogens is 1. The van der Waals surface area contributed by atoms with E-state index in [0.29, 0.717) is 23.5 Å². The van der Waals surface area contributed by atoms with Gasteiger partial charge in [0, 0.05) is 34.8 Å². The smallest absolute Gasteiger partial charge is 0.320 e. The largest absolute Gasteiger partial charge is 0.508 e. The summed E-state index contributed by atoms with van der Waals surface area (Å²) in [6.07, 6.45) is 2.53. The molecule has 148 valence electrons. The molecule has 1 atom stereocenters. The molecular weight excluding hydrogens is 360 g/mol. The van der Waals surface area contributed by atoms with E-state index in [1.807, 2.05) is 12.3 Å². The Balaban J connectivity index is 0.000000202. The van der Waals surface area contributed by atoms with Crippen molar-refractivity contribution in [1.82, 2.24) is 4.98 Å². The molecule has 0 radical (unpaired) electrons. The first kappa shape index (κ1) is 20.9. The maximum absolute atomic E-state index is 11.6. The highest BCUT2D eigenvalue weighted by atomic mass is 16.4. The number of H-pyrrole nitrogens is 1. The molecule has 28 heavy (non-hydrogen) atoms. The number of para-hydroxylation sites is 1. The molecule has 0 aliphatic rings. The van der Waals surface area contributed by atoms with Crippen molar-refractivity contribution in [2.45, 2.75) is 18.9 Å². The van der Waals surface area contributed by atoms with E-state index in [0.717, 1.165) is 22.9 Å². The SMILES string of the molecule is NCCc1c[nH]c2ccc(O)cc12.Nc1ccccc1C(=O)C[C@H](N)C(=O)O. The van der Waals surface area contributed by atoms with Crippen LogP contribution in [0.15, 0.2) is 48.7 Å². The summed E-state index contributed by atoms with van der Waals surface area (Å²) in [6, 6.07) is 10.6. The lowest BCUT2D eigenvalue weighted by atomic mass is 10.0. The number of ketones is 1. The van der Waals surface area contributed by atoms with Gasteiger partial charge in [-0.1, -0.05) is 12.1 Å². The number of benzene rings is 2. The third-order valence-corrected chi connectivity index (χ3v) is 4.15. The standard InChI is InChI=1S/C10H12N2O3.C10H12N2O/c11-7-4-2-1-3-6(7)9(13)5-8(12)10(14)15;11-4-3-7-6-12-10-2-1-8(13)5-9(7)10/h1-4,8H,5,11-12H2,(H,14,15);1-2,5-6,12-13H,3-4,11H2/t8-;/m0./s1. The lowest BCUT2D eigenvalue weighted by molar-refractivity contribution is -0.138. The van der Waals surface area contributed by atoms with E-state index >= 15 is 0 Å². The number of aromatic amines is 1. The molecule has 1 heterocycles. The van der Waals surface area contributed by atoms with Crippen molar-refractivity contribution in [2.24, 2.45) is 11.5 Å². The van der Waals surface area contributed by atoms with Crippen molar-refractivity contribution in [3.05, 3.63) is 59.8 Å². The van der Waals surface area contributed by atoms with Gasteiger partial charge in [0.25, 0.3) is 0 Å². The molecule has 3 aromatic rings. The van der Waals surface area contributed by atoms with E-state index in [2.05, 4.69) is 4.98 Å². The molecule has 1 aromatic heterocycles. The van der Waals surface area contributed by atoms with Crippen LogP contribution in [0.3, 0.4) is 0 Å². The Hall–Kier alpha value is -3.36. The number of nitrogens with two attached hydrogens (primary N) is 3. The number of nitrogens with one attached hydrogen (secondary N) is 1. The van der Waals surface area contributed by atoms with E-state index < -0.39 is 12.0 Å². The van der Waals surface area contributed by atoms with Crippen molar-refractivity contribution in [3.63, 3.8) is 0 Å². The molecule has 0 fully saturated rings. The predicted molar refractivity (Wildman–Crippen MR) is 108 cm³/mol. The maximum Gasteiger partial charge on any atom is 0.320 e. The van der Waals surface area contributed by atoms with Gasteiger partial charge in [-0.3, -0.25) is 9.59 Å². The van der Waals surface area contributed by atoms with Crippen molar-refractivity contribution < 1.29 is 19.8 Å². The monoisotopic (exact) mass is 384 g/mol. The quantitative estimate of drug-likeness (QED) is 0.277. The molecule has 0 amide bonds. The number of carbonyl (C=O) groups is 2. The van der Waals surface area contributed by atoms with E-state index in [1.54, 1.807) is 36.4 Å². The van der Waals surface area contributed by atoms with Crippen LogP contribution in [-0.4, -0.2) is 39.5 Å². The van der Waals surface area contributed by atoms with Gasteiger partial charge in [-0.05, 0) is 48.9 Å². The summed E-state index contributed by atoms with van der Waals surface area (Å²) < 4.78 is 0. The zero-order valence-corrected chi connectivity index (χ0v) is 15.3. The van der Waals surface area contributed by atoms with E-state index in [1.165, 1.54) is 0 Å². The number of hydrogen-bond donors (Lipinski definition) is 6. The number of carboxylic acid groups (broad SMARTS) is 1. The molecule has 8 heteroatoms. The molecule has 8 nitrogen and oxygen atoms in total. The van der Waals surface area contributed by atoms with Gasteiger partial charge in [0.2, 0.25) is 0 Å². The summed E-state index contributed by atoms with van der Waals surface area (Å²) in [5.74, 6) is -1.26.